The number of rotatable bonds is 7. The van der Waals surface area contributed by atoms with Crippen molar-refractivity contribution in [3.05, 3.63) is 65.0 Å². The number of hydrogen-bond acceptors (Lipinski definition) is 4. The van der Waals surface area contributed by atoms with E-state index in [9.17, 15) is 9.18 Å². The fraction of sp³-hybridized carbons (Fsp3) is 0.480. The quantitative estimate of drug-likeness (QED) is 0.686. The first-order chi connectivity index (χ1) is 15.2. The van der Waals surface area contributed by atoms with Gasteiger partial charge in [0.15, 0.2) is 0 Å². The van der Waals surface area contributed by atoms with Gasteiger partial charge in [-0.2, -0.15) is 0 Å². The summed E-state index contributed by atoms with van der Waals surface area (Å²) in [7, 11) is 0. The summed E-state index contributed by atoms with van der Waals surface area (Å²) in [6.07, 6.45) is 3.06. The lowest BCUT2D eigenvalue weighted by Gasteiger charge is -2.35. The molecule has 1 saturated heterocycles. The molecule has 5 nitrogen and oxygen atoms in total. The summed E-state index contributed by atoms with van der Waals surface area (Å²) in [5.74, 6) is 0.924. The second-order valence-electron chi connectivity index (χ2n) is 8.94. The van der Waals surface area contributed by atoms with Crippen LogP contribution in [0.2, 0.25) is 0 Å². The molecule has 5 rings (SSSR count). The summed E-state index contributed by atoms with van der Waals surface area (Å²) >= 11 is 0. The van der Waals surface area contributed by atoms with E-state index in [1.54, 1.807) is 12.1 Å². The van der Waals surface area contributed by atoms with Gasteiger partial charge < -0.3 is 9.64 Å². The van der Waals surface area contributed by atoms with Crippen LogP contribution >= 0.6 is 0 Å². The highest BCUT2D eigenvalue weighted by Gasteiger charge is 2.34. The lowest BCUT2D eigenvalue weighted by Crippen LogP contribution is -2.50. The normalized spacial score (nSPS) is 19.1. The summed E-state index contributed by atoms with van der Waals surface area (Å²) in [6, 6.07) is 13.6. The van der Waals surface area contributed by atoms with Gasteiger partial charge >= 0.3 is 0 Å². The minimum absolute atomic E-state index is 0.123. The van der Waals surface area contributed by atoms with E-state index in [0.717, 1.165) is 64.3 Å². The average molecular weight is 424 g/mol. The molecule has 3 aliphatic rings. The topological polar surface area (TPSA) is 36.0 Å². The van der Waals surface area contributed by atoms with Gasteiger partial charge in [0.1, 0.15) is 11.6 Å². The van der Waals surface area contributed by atoms with Crippen molar-refractivity contribution in [3.63, 3.8) is 0 Å². The molecule has 0 unspecified atom stereocenters. The highest BCUT2D eigenvalue weighted by molar-refractivity contribution is 5.79. The molecule has 2 aliphatic heterocycles. The van der Waals surface area contributed by atoms with Gasteiger partial charge in [-0.3, -0.25) is 14.6 Å². The number of ether oxygens (including phenoxy) is 1. The Kier molecular flexibility index (Phi) is 5.92. The Hall–Kier alpha value is -2.44. The molecule has 0 N–H and O–H groups in total. The van der Waals surface area contributed by atoms with Crippen molar-refractivity contribution in [1.82, 2.24) is 14.7 Å². The SMILES string of the molecule is O=C(CN1CCN(Cc2ccc3c(c2)CCO3)CC1)N(Cc1ccccc1F)C1CC1. The number of piperazine rings is 1. The molecular formula is C25H30FN3O2. The number of carbonyl (C=O) groups excluding carboxylic acids is 1. The fourth-order valence-electron chi connectivity index (χ4n) is 4.60. The maximum Gasteiger partial charge on any atom is 0.237 e. The molecule has 1 saturated carbocycles. The van der Waals surface area contributed by atoms with Crippen molar-refractivity contribution in [3.8, 4) is 5.75 Å². The Morgan fingerprint density at radius 3 is 2.61 bits per heavy atom. The van der Waals surface area contributed by atoms with Crippen LogP contribution in [0.3, 0.4) is 0 Å². The van der Waals surface area contributed by atoms with Crippen LogP contribution in [0.4, 0.5) is 4.39 Å². The van der Waals surface area contributed by atoms with Gasteiger partial charge in [0, 0.05) is 57.3 Å². The predicted molar refractivity (Wildman–Crippen MR) is 117 cm³/mol. The van der Waals surface area contributed by atoms with Gasteiger partial charge in [-0.15, -0.1) is 0 Å². The maximum absolute atomic E-state index is 14.1. The number of benzene rings is 2. The van der Waals surface area contributed by atoms with E-state index in [4.69, 9.17) is 4.74 Å². The Morgan fingerprint density at radius 2 is 1.84 bits per heavy atom. The Morgan fingerprint density at radius 1 is 1.06 bits per heavy atom. The highest BCUT2D eigenvalue weighted by Crippen LogP contribution is 2.29. The second kappa shape index (κ2) is 8.97. The maximum atomic E-state index is 14.1. The standard InChI is InChI=1S/C25H30FN3O2/c26-23-4-2-1-3-21(23)17-29(22-6-7-22)25(30)18-28-12-10-27(11-13-28)16-19-5-8-24-20(15-19)9-14-31-24/h1-5,8,15,22H,6-7,9-14,16-18H2. The van der Waals surface area contributed by atoms with E-state index in [2.05, 4.69) is 28.0 Å². The van der Waals surface area contributed by atoms with E-state index in [1.165, 1.54) is 17.2 Å². The van der Waals surface area contributed by atoms with Crippen molar-refractivity contribution >= 4 is 5.91 Å². The number of nitrogens with zero attached hydrogens (tertiary/aromatic N) is 3. The fourth-order valence-corrected chi connectivity index (χ4v) is 4.60. The first-order valence-electron chi connectivity index (χ1n) is 11.4. The summed E-state index contributed by atoms with van der Waals surface area (Å²) in [5, 5.41) is 0. The number of fused-ring (bicyclic) bond motifs is 1. The lowest BCUT2D eigenvalue weighted by molar-refractivity contribution is -0.134. The molecule has 2 aromatic rings. The number of amides is 1. The van der Waals surface area contributed by atoms with Gasteiger partial charge in [-0.1, -0.05) is 30.3 Å². The molecule has 0 bridgehead atoms. The third-order valence-electron chi connectivity index (χ3n) is 6.59. The Bertz CT molecular complexity index is 938. The van der Waals surface area contributed by atoms with Crippen molar-refractivity contribution in [1.29, 1.82) is 0 Å². The summed E-state index contributed by atoms with van der Waals surface area (Å²) in [5.41, 5.74) is 3.25. The zero-order valence-electron chi connectivity index (χ0n) is 17.9. The summed E-state index contributed by atoms with van der Waals surface area (Å²) < 4.78 is 19.7. The van der Waals surface area contributed by atoms with Crippen molar-refractivity contribution in [2.45, 2.75) is 38.4 Å². The largest absolute Gasteiger partial charge is 0.493 e. The molecule has 0 atom stereocenters. The molecule has 2 heterocycles. The van der Waals surface area contributed by atoms with Crippen LogP contribution in [-0.2, 0) is 24.3 Å². The van der Waals surface area contributed by atoms with Crippen LogP contribution in [0.1, 0.15) is 29.5 Å². The van der Waals surface area contributed by atoms with Gasteiger partial charge in [0.05, 0.1) is 13.2 Å². The van der Waals surface area contributed by atoms with Crippen LogP contribution in [0.15, 0.2) is 42.5 Å². The molecule has 6 heteroatoms. The molecule has 0 spiro atoms. The summed E-state index contributed by atoms with van der Waals surface area (Å²) in [6.45, 7) is 6.22. The van der Waals surface area contributed by atoms with Gasteiger partial charge in [0.25, 0.3) is 0 Å². The van der Waals surface area contributed by atoms with Gasteiger partial charge in [-0.25, -0.2) is 4.39 Å². The molecule has 1 aliphatic carbocycles. The van der Waals surface area contributed by atoms with E-state index in [1.807, 2.05) is 11.0 Å². The van der Waals surface area contributed by atoms with Crippen LogP contribution in [0.5, 0.6) is 5.75 Å². The minimum atomic E-state index is -0.229. The molecule has 1 amide bonds. The van der Waals surface area contributed by atoms with Crippen molar-refractivity contribution < 1.29 is 13.9 Å². The van der Waals surface area contributed by atoms with Crippen molar-refractivity contribution in [2.24, 2.45) is 0 Å². The van der Waals surface area contributed by atoms with Crippen LogP contribution in [0.25, 0.3) is 0 Å². The second-order valence-corrected chi connectivity index (χ2v) is 8.94. The highest BCUT2D eigenvalue weighted by atomic mass is 19.1. The van der Waals surface area contributed by atoms with E-state index >= 15 is 0 Å². The Labute approximate surface area is 183 Å². The summed E-state index contributed by atoms with van der Waals surface area (Å²) in [4.78, 5) is 19.6. The smallest absolute Gasteiger partial charge is 0.237 e. The molecule has 2 fully saturated rings. The first-order valence-corrected chi connectivity index (χ1v) is 11.4. The van der Waals surface area contributed by atoms with E-state index < -0.39 is 0 Å². The number of hydrogen-bond donors (Lipinski definition) is 0. The molecule has 0 aromatic heterocycles. The molecule has 0 radical (unpaired) electrons. The molecular weight excluding hydrogens is 393 g/mol. The zero-order chi connectivity index (χ0) is 21.2. The van der Waals surface area contributed by atoms with E-state index in [0.29, 0.717) is 18.7 Å². The minimum Gasteiger partial charge on any atom is -0.493 e. The van der Waals surface area contributed by atoms with Crippen LogP contribution < -0.4 is 4.74 Å². The average Bonchev–Trinajstić information content (AvgIpc) is 3.51. The monoisotopic (exact) mass is 423 g/mol. The number of carbonyl (C=O) groups is 1. The first kappa shape index (κ1) is 20.5. The van der Waals surface area contributed by atoms with Crippen molar-refractivity contribution in [2.75, 3.05) is 39.3 Å². The lowest BCUT2D eigenvalue weighted by atomic mass is 10.1. The third-order valence-corrected chi connectivity index (χ3v) is 6.59. The molecule has 164 valence electrons. The van der Waals surface area contributed by atoms with Crippen LogP contribution in [-0.4, -0.2) is 66.0 Å². The van der Waals surface area contributed by atoms with Gasteiger partial charge in [0.2, 0.25) is 5.91 Å². The third kappa shape index (κ3) is 4.91. The van der Waals surface area contributed by atoms with E-state index in [-0.39, 0.29) is 17.8 Å². The molecule has 2 aromatic carbocycles. The Balaban J connectivity index is 1.13. The number of halogens is 1. The molecule has 31 heavy (non-hydrogen) atoms. The predicted octanol–water partition coefficient (Wildman–Crippen LogP) is 3.07. The van der Waals surface area contributed by atoms with Crippen LogP contribution in [0, 0.1) is 5.82 Å². The zero-order valence-corrected chi connectivity index (χ0v) is 17.9. The van der Waals surface area contributed by atoms with Gasteiger partial charge in [-0.05, 0) is 36.1 Å².